The number of nitrogens with one attached hydrogen (secondary N) is 1. The molecule has 0 spiro atoms. The number of nitrogens with zero attached hydrogens (tertiary/aromatic N) is 3. The van der Waals surface area contributed by atoms with E-state index in [1.165, 1.54) is 6.07 Å². The SMILES string of the molecule is Cc1noc(C)c1CCC(=O)N1CCC[C@H](c2cc3nc(C(F)(F)F)ccc3[nH]2)C1. The Morgan fingerprint density at radius 2 is 2.13 bits per heavy atom. The van der Waals surface area contributed by atoms with Gasteiger partial charge in [-0.2, -0.15) is 13.2 Å². The number of aromatic amines is 1. The molecule has 0 aliphatic carbocycles. The van der Waals surface area contributed by atoms with Gasteiger partial charge in [-0.1, -0.05) is 5.16 Å². The van der Waals surface area contributed by atoms with Crippen molar-refractivity contribution in [1.29, 1.82) is 0 Å². The van der Waals surface area contributed by atoms with E-state index in [0.29, 0.717) is 37.0 Å². The molecule has 1 saturated heterocycles. The summed E-state index contributed by atoms with van der Waals surface area (Å²) in [5.74, 6) is 0.846. The Labute approximate surface area is 171 Å². The van der Waals surface area contributed by atoms with Crippen LogP contribution in [0.3, 0.4) is 0 Å². The van der Waals surface area contributed by atoms with Gasteiger partial charge in [0, 0.05) is 36.7 Å². The molecule has 1 aliphatic heterocycles. The fourth-order valence-corrected chi connectivity index (χ4v) is 4.11. The minimum absolute atomic E-state index is 0.0466. The normalized spacial score (nSPS) is 17.6. The Balaban J connectivity index is 1.45. The Morgan fingerprint density at radius 3 is 2.83 bits per heavy atom. The van der Waals surface area contributed by atoms with E-state index < -0.39 is 11.9 Å². The van der Waals surface area contributed by atoms with Crippen molar-refractivity contribution >= 4 is 16.9 Å². The molecule has 1 fully saturated rings. The third-order valence-electron chi connectivity index (χ3n) is 5.77. The first kappa shape index (κ1) is 20.4. The lowest BCUT2D eigenvalue weighted by Crippen LogP contribution is -2.39. The molecule has 1 aliphatic rings. The number of halogens is 3. The van der Waals surface area contributed by atoms with Crippen molar-refractivity contribution in [2.75, 3.05) is 13.1 Å². The van der Waals surface area contributed by atoms with Crippen molar-refractivity contribution in [3.8, 4) is 0 Å². The quantitative estimate of drug-likeness (QED) is 0.673. The molecule has 0 radical (unpaired) electrons. The highest BCUT2D eigenvalue weighted by Crippen LogP contribution is 2.32. The molecule has 1 atom stereocenters. The summed E-state index contributed by atoms with van der Waals surface area (Å²) >= 11 is 0. The Morgan fingerprint density at radius 1 is 1.33 bits per heavy atom. The Bertz CT molecular complexity index is 1050. The molecular formula is C21H23F3N4O2. The molecule has 3 aromatic rings. The Kier molecular flexibility index (Phi) is 5.29. The minimum atomic E-state index is -4.47. The first-order chi connectivity index (χ1) is 14.2. The predicted molar refractivity (Wildman–Crippen MR) is 104 cm³/mol. The van der Waals surface area contributed by atoms with Crippen molar-refractivity contribution in [3.63, 3.8) is 0 Å². The molecule has 6 nitrogen and oxygen atoms in total. The van der Waals surface area contributed by atoms with Crippen LogP contribution >= 0.6 is 0 Å². The first-order valence-electron chi connectivity index (χ1n) is 9.98. The highest BCUT2D eigenvalue weighted by Gasteiger charge is 2.33. The van der Waals surface area contributed by atoms with E-state index in [1.54, 1.807) is 6.07 Å². The maximum atomic E-state index is 12.9. The van der Waals surface area contributed by atoms with Crippen LogP contribution in [0.1, 0.15) is 53.6 Å². The number of amides is 1. The van der Waals surface area contributed by atoms with Crippen LogP contribution in [0.5, 0.6) is 0 Å². The van der Waals surface area contributed by atoms with E-state index in [2.05, 4.69) is 15.1 Å². The number of hydrogen-bond donors (Lipinski definition) is 1. The van der Waals surface area contributed by atoms with Crippen LogP contribution in [0, 0.1) is 13.8 Å². The van der Waals surface area contributed by atoms with E-state index >= 15 is 0 Å². The Hall–Kier alpha value is -2.84. The summed E-state index contributed by atoms with van der Waals surface area (Å²) in [5.41, 5.74) is 2.56. The third kappa shape index (κ3) is 4.06. The van der Waals surface area contributed by atoms with Gasteiger partial charge in [-0.25, -0.2) is 4.98 Å². The molecule has 160 valence electrons. The number of carbonyl (C=O) groups excluding carboxylic acids is 1. The fourth-order valence-electron chi connectivity index (χ4n) is 4.11. The maximum Gasteiger partial charge on any atom is 0.433 e. The molecule has 0 aromatic carbocycles. The number of fused-ring (bicyclic) bond motifs is 1. The largest absolute Gasteiger partial charge is 0.433 e. The van der Waals surface area contributed by atoms with Crippen LogP contribution in [0.4, 0.5) is 13.2 Å². The molecule has 3 aromatic heterocycles. The highest BCUT2D eigenvalue weighted by molar-refractivity contribution is 5.78. The zero-order chi connectivity index (χ0) is 21.5. The zero-order valence-corrected chi connectivity index (χ0v) is 16.8. The van der Waals surface area contributed by atoms with Crippen molar-refractivity contribution in [3.05, 3.63) is 46.6 Å². The standard InChI is InChI=1S/C21H23F3N4O2/c1-12-15(13(2)30-27-12)5-8-20(29)28-9-3-4-14(11-28)17-10-18-16(25-17)6-7-19(26-18)21(22,23)24/h6-7,10,14,25H,3-5,8-9,11H2,1-2H3/t14-/m0/s1. The van der Waals surface area contributed by atoms with Crippen molar-refractivity contribution < 1.29 is 22.5 Å². The van der Waals surface area contributed by atoms with E-state index in [-0.39, 0.29) is 11.8 Å². The van der Waals surface area contributed by atoms with Crippen LogP contribution < -0.4 is 0 Å². The molecule has 0 unspecified atom stereocenters. The van der Waals surface area contributed by atoms with Gasteiger partial charge in [0.1, 0.15) is 11.5 Å². The number of pyridine rings is 1. The van der Waals surface area contributed by atoms with Gasteiger partial charge in [-0.3, -0.25) is 4.79 Å². The predicted octanol–water partition coefficient (Wildman–Crippen LogP) is 4.53. The second-order valence-electron chi connectivity index (χ2n) is 7.83. The summed E-state index contributed by atoms with van der Waals surface area (Å²) in [4.78, 5) is 21.5. The second kappa shape index (κ2) is 7.77. The number of aromatic nitrogens is 3. The number of H-pyrrole nitrogens is 1. The monoisotopic (exact) mass is 420 g/mol. The molecule has 0 saturated carbocycles. The topological polar surface area (TPSA) is 75.0 Å². The smallest absolute Gasteiger partial charge is 0.361 e. The van der Waals surface area contributed by atoms with Gasteiger partial charge in [0.15, 0.2) is 0 Å². The van der Waals surface area contributed by atoms with Crippen molar-refractivity contribution in [2.45, 2.75) is 51.6 Å². The number of likely N-dealkylation sites (tertiary alicyclic amines) is 1. The summed E-state index contributed by atoms with van der Waals surface area (Å²) in [6, 6.07) is 4.06. The number of hydrogen-bond acceptors (Lipinski definition) is 4. The molecule has 1 amide bonds. The number of alkyl halides is 3. The average Bonchev–Trinajstić information content (AvgIpc) is 3.28. The van der Waals surface area contributed by atoms with E-state index in [9.17, 15) is 18.0 Å². The second-order valence-corrected chi connectivity index (χ2v) is 7.83. The minimum Gasteiger partial charge on any atom is -0.361 e. The van der Waals surface area contributed by atoms with Gasteiger partial charge < -0.3 is 14.4 Å². The lowest BCUT2D eigenvalue weighted by atomic mass is 9.94. The van der Waals surface area contributed by atoms with Crippen molar-refractivity contribution in [1.82, 2.24) is 20.0 Å². The van der Waals surface area contributed by atoms with Crippen LogP contribution in [-0.2, 0) is 17.4 Å². The van der Waals surface area contributed by atoms with Crippen molar-refractivity contribution in [2.24, 2.45) is 0 Å². The summed E-state index contributed by atoms with van der Waals surface area (Å²) in [7, 11) is 0. The van der Waals surface area contributed by atoms with E-state index in [1.807, 2.05) is 18.7 Å². The first-order valence-corrected chi connectivity index (χ1v) is 9.98. The zero-order valence-electron chi connectivity index (χ0n) is 16.8. The molecule has 9 heteroatoms. The number of rotatable bonds is 4. The molecule has 0 bridgehead atoms. The third-order valence-corrected chi connectivity index (χ3v) is 5.77. The highest BCUT2D eigenvalue weighted by atomic mass is 19.4. The molecule has 30 heavy (non-hydrogen) atoms. The van der Waals surface area contributed by atoms with Gasteiger partial charge in [-0.15, -0.1) is 0 Å². The average molecular weight is 420 g/mol. The van der Waals surface area contributed by atoms with Gasteiger partial charge in [0.25, 0.3) is 0 Å². The van der Waals surface area contributed by atoms with Gasteiger partial charge in [-0.05, 0) is 51.3 Å². The van der Waals surface area contributed by atoms with Crippen LogP contribution in [0.15, 0.2) is 22.7 Å². The fraction of sp³-hybridized carbons (Fsp3) is 0.476. The van der Waals surface area contributed by atoms with E-state index in [4.69, 9.17) is 4.52 Å². The summed E-state index contributed by atoms with van der Waals surface area (Å²) in [6.07, 6.45) is -1.80. The van der Waals surface area contributed by atoms with Gasteiger partial charge in [0.2, 0.25) is 5.91 Å². The molecule has 4 rings (SSSR count). The lowest BCUT2D eigenvalue weighted by molar-refractivity contribution is -0.141. The van der Waals surface area contributed by atoms with Crippen LogP contribution in [-0.4, -0.2) is 39.0 Å². The summed E-state index contributed by atoms with van der Waals surface area (Å²) < 4.78 is 43.9. The number of carbonyl (C=O) groups is 1. The number of aryl methyl sites for hydroxylation is 2. The van der Waals surface area contributed by atoms with E-state index in [0.717, 1.165) is 41.6 Å². The molecule has 4 heterocycles. The maximum absolute atomic E-state index is 12.9. The van der Waals surface area contributed by atoms with Crippen LogP contribution in [0.2, 0.25) is 0 Å². The molecular weight excluding hydrogens is 397 g/mol. The lowest BCUT2D eigenvalue weighted by Gasteiger charge is -2.32. The van der Waals surface area contributed by atoms with Gasteiger partial charge in [0.05, 0.1) is 16.7 Å². The summed E-state index contributed by atoms with van der Waals surface area (Å²) in [6.45, 7) is 4.93. The van der Waals surface area contributed by atoms with Crippen LogP contribution in [0.25, 0.3) is 11.0 Å². The van der Waals surface area contributed by atoms with Gasteiger partial charge >= 0.3 is 6.18 Å². The summed E-state index contributed by atoms with van der Waals surface area (Å²) in [5, 5.41) is 3.92. The number of piperidine rings is 1. The molecule has 1 N–H and O–H groups in total.